The molecular formula is C8H8O3. The van der Waals surface area contributed by atoms with Gasteiger partial charge in [0.1, 0.15) is 0 Å². The molecule has 1 aromatic heterocycles. The van der Waals surface area contributed by atoms with E-state index in [1.807, 2.05) is 0 Å². The third kappa shape index (κ3) is 1.55. The number of hydrogen-bond acceptors (Lipinski definition) is 3. The summed E-state index contributed by atoms with van der Waals surface area (Å²) < 4.78 is 4.75. The van der Waals surface area contributed by atoms with Crippen molar-refractivity contribution in [2.75, 3.05) is 0 Å². The van der Waals surface area contributed by atoms with Crippen LogP contribution in [0.2, 0.25) is 0 Å². The topological polar surface area (TPSA) is 47.3 Å². The molecule has 0 N–H and O–H groups in total. The Bertz CT molecular complexity index is 259. The first-order chi connectivity index (χ1) is 5.25. The molecule has 1 heterocycles. The van der Waals surface area contributed by atoms with Crippen LogP contribution in [0.4, 0.5) is 0 Å². The van der Waals surface area contributed by atoms with E-state index < -0.39 is 11.6 Å². The van der Waals surface area contributed by atoms with Gasteiger partial charge >= 0.3 is 0 Å². The average Bonchev–Trinajstić information content (AvgIpc) is 2.53. The Hall–Kier alpha value is -1.38. The quantitative estimate of drug-likeness (QED) is 0.486. The summed E-state index contributed by atoms with van der Waals surface area (Å²) in [5.74, 6) is -0.839. The van der Waals surface area contributed by atoms with Gasteiger partial charge < -0.3 is 4.42 Å². The van der Waals surface area contributed by atoms with E-state index in [1.165, 1.54) is 12.3 Å². The molecule has 0 saturated carbocycles. The van der Waals surface area contributed by atoms with Crippen molar-refractivity contribution in [2.24, 2.45) is 0 Å². The first kappa shape index (κ1) is 7.72. The molecule has 0 unspecified atom stereocenters. The van der Waals surface area contributed by atoms with Gasteiger partial charge in [-0.25, -0.2) is 0 Å². The van der Waals surface area contributed by atoms with Gasteiger partial charge in [0.2, 0.25) is 5.78 Å². The first-order valence-electron chi connectivity index (χ1n) is 3.36. The Kier molecular flexibility index (Phi) is 2.21. The lowest BCUT2D eigenvalue weighted by atomic mass is 10.2. The van der Waals surface area contributed by atoms with E-state index in [9.17, 15) is 9.59 Å². The van der Waals surface area contributed by atoms with Gasteiger partial charge in [-0.1, -0.05) is 6.92 Å². The summed E-state index contributed by atoms with van der Waals surface area (Å²) in [6, 6.07) is 3.06. The van der Waals surface area contributed by atoms with E-state index in [-0.39, 0.29) is 12.2 Å². The highest BCUT2D eigenvalue weighted by Gasteiger charge is 2.15. The number of hydrogen-bond donors (Lipinski definition) is 0. The van der Waals surface area contributed by atoms with Crippen LogP contribution in [-0.2, 0) is 4.79 Å². The number of Topliss-reactive ketones (excluding diaryl/α,β-unsaturated/α-hetero) is 2. The van der Waals surface area contributed by atoms with Crippen molar-refractivity contribution in [3.63, 3.8) is 0 Å². The Morgan fingerprint density at radius 1 is 1.55 bits per heavy atom. The molecule has 58 valence electrons. The summed E-state index contributed by atoms with van der Waals surface area (Å²) in [4.78, 5) is 21.8. The maximum Gasteiger partial charge on any atom is 0.263 e. The third-order valence-corrected chi connectivity index (χ3v) is 1.32. The molecule has 0 amide bonds. The highest BCUT2D eigenvalue weighted by Crippen LogP contribution is 2.02. The zero-order chi connectivity index (χ0) is 8.27. The SMILES string of the molecule is CCC(=O)C(=O)c1ccco1. The van der Waals surface area contributed by atoms with E-state index in [0.29, 0.717) is 0 Å². The second-order valence-corrected chi connectivity index (χ2v) is 2.08. The van der Waals surface area contributed by atoms with Crippen LogP contribution in [0.1, 0.15) is 23.9 Å². The van der Waals surface area contributed by atoms with Crippen molar-refractivity contribution in [1.29, 1.82) is 0 Å². The highest BCUT2D eigenvalue weighted by molar-refractivity contribution is 6.42. The maximum absolute atomic E-state index is 11.0. The van der Waals surface area contributed by atoms with Crippen LogP contribution in [0.3, 0.4) is 0 Å². The van der Waals surface area contributed by atoms with Gasteiger partial charge in [0.15, 0.2) is 5.76 Å². The normalized spacial score (nSPS) is 9.55. The van der Waals surface area contributed by atoms with Crippen molar-refractivity contribution >= 4 is 11.6 Å². The molecule has 0 aromatic carbocycles. The minimum Gasteiger partial charge on any atom is -0.461 e. The Balaban J connectivity index is 2.79. The van der Waals surface area contributed by atoms with Crippen LogP contribution < -0.4 is 0 Å². The van der Waals surface area contributed by atoms with Gasteiger partial charge in [-0.2, -0.15) is 0 Å². The van der Waals surface area contributed by atoms with Crippen LogP contribution in [0.25, 0.3) is 0 Å². The smallest absolute Gasteiger partial charge is 0.263 e. The fourth-order valence-electron chi connectivity index (χ4n) is 0.706. The molecule has 0 fully saturated rings. The number of furan rings is 1. The molecule has 1 aromatic rings. The van der Waals surface area contributed by atoms with Crippen molar-refractivity contribution < 1.29 is 14.0 Å². The lowest BCUT2D eigenvalue weighted by Gasteiger charge is -1.90. The highest BCUT2D eigenvalue weighted by atomic mass is 16.3. The van der Waals surface area contributed by atoms with E-state index >= 15 is 0 Å². The first-order valence-corrected chi connectivity index (χ1v) is 3.36. The van der Waals surface area contributed by atoms with E-state index in [1.54, 1.807) is 13.0 Å². The van der Waals surface area contributed by atoms with Gasteiger partial charge in [0.25, 0.3) is 5.78 Å². The summed E-state index contributed by atoms with van der Waals surface area (Å²) >= 11 is 0. The minimum atomic E-state index is -0.544. The van der Waals surface area contributed by atoms with Crippen LogP contribution in [0, 0.1) is 0 Å². The molecule has 0 saturated heterocycles. The lowest BCUT2D eigenvalue weighted by Crippen LogP contribution is -2.11. The van der Waals surface area contributed by atoms with Crippen LogP contribution in [0.5, 0.6) is 0 Å². The number of rotatable bonds is 3. The van der Waals surface area contributed by atoms with Crippen molar-refractivity contribution in [3.8, 4) is 0 Å². The molecule has 3 heteroatoms. The lowest BCUT2D eigenvalue weighted by molar-refractivity contribution is -0.114. The van der Waals surface area contributed by atoms with Crippen LogP contribution in [-0.4, -0.2) is 11.6 Å². The molecule has 11 heavy (non-hydrogen) atoms. The molecular weight excluding hydrogens is 144 g/mol. The molecule has 0 spiro atoms. The van der Waals surface area contributed by atoms with Crippen molar-refractivity contribution in [2.45, 2.75) is 13.3 Å². The molecule has 1 rings (SSSR count). The van der Waals surface area contributed by atoms with Gasteiger partial charge in [-0.05, 0) is 12.1 Å². The molecule has 0 aliphatic rings. The summed E-state index contributed by atoms with van der Waals surface area (Å²) in [5, 5.41) is 0. The fraction of sp³-hybridized carbons (Fsp3) is 0.250. The zero-order valence-electron chi connectivity index (χ0n) is 6.16. The van der Waals surface area contributed by atoms with Crippen molar-refractivity contribution in [1.82, 2.24) is 0 Å². The average molecular weight is 152 g/mol. The Labute approximate surface area is 64.0 Å². The molecule has 0 atom stereocenters. The summed E-state index contributed by atoms with van der Waals surface area (Å²) in [6.45, 7) is 1.64. The largest absolute Gasteiger partial charge is 0.461 e. The Morgan fingerprint density at radius 2 is 2.27 bits per heavy atom. The number of carbonyl (C=O) groups is 2. The zero-order valence-corrected chi connectivity index (χ0v) is 6.16. The van der Waals surface area contributed by atoms with Gasteiger partial charge in [0, 0.05) is 6.42 Å². The van der Waals surface area contributed by atoms with Gasteiger partial charge in [0.05, 0.1) is 6.26 Å². The number of carbonyl (C=O) groups excluding carboxylic acids is 2. The van der Waals surface area contributed by atoms with Crippen LogP contribution in [0.15, 0.2) is 22.8 Å². The summed E-state index contributed by atoms with van der Waals surface area (Å²) in [7, 11) is 0. The molecule has 0 radical (unpaired) electrons. The maximum atomic E-state index is 11.0. The van der Waals surface area contributed by atoms with Crippen molar-refractivity contribution in [3.05, 3.63) is 24.2 Å². The van der Waals surface area contributed by atoms with Gasteiger partial charge in [-0.3, -0.25) is 9.59 Å². The van der Waals surface area contributed by atoms with E-state index in [0.717, 1.165) is 0 Å². The Morgan fingerprint density at radius 3 is 2.73 bits per heavy atom. The summed E-state index contributed by atoms with van der Waals surface area (Å²) in [6.07, 6.45) is 1.59. The molecule has 0 bridgehead atoms. The standard InChI is InChI=1S/C8H8O3/c1-2-6(9)8(10)7-4-3-5-11-7/h3-5H,2H2,1H3. The second-order valence-electron chi connectivity index (χ2n) is 2.08. The molecule has 0 aliphatic heterocycles. The minimum absolute atomic E-state index is 0.122. The number of ketones is 2. The van der Waals surface area contributed by atoms with Crippen LogP contribution >= 0.6 is 0 Å². The van der Waals surface area contributed by atoms with Gasteiger partial charge in [-0.15, -0.1) is 0 Å². The van der Waals surface area contributed by atoms with E-state index in [2.05, 4.69) is 0 Å². The fourth-order valence-corrected chi connectivity index (χ4v) is 0.706. The third-order valence-electron chi connectivity index (χ3n) is 1.32. The molecule has 0 aliphatic carbocycles. The monoisotopic (exact) mass is 152 g/mol. The van der Waals surface area contributed by atoms with E-state index in [4.69, 9.17) is 4.42 Å². The second kappa shape index (κ2) is 3.14. The summed E-state index contributed by atoms with van der Waals surface area (Å²) in [5.41, 5.74) is 0. The predicted octanol–water partition coefficient (Wildman–Crippen LogP) is 1.44. The predicted molar refractivity (Wildman–Crippen MR) is 38.3 cm³/mol. The molecule has 3 nitrogen and oxygen atoms in total.